The summed E-state index contributed by atoms with van der Waals surface area (Å²) in [7, 11) is 1.36. The van der Waals surface area contributed by atoms with E-state index in [1.165, 1.54) is 18.9 Å². The fourth-order valence-electron chi connectivity index (χ4n) is 2.94. The molecule has 6 nitrogen and oxygen atoms in total. The first kappa shape index (κ1) is 22.4. The lowest BCUT2D eigenvalue weighted by Gasteiger charge is -2.20. The predicted molar refractivity (Wildman–Crippen MR) is 121 cm³/mol. The number of para-hydroxylation sites is 2. The highest BCUT2D eigenvalue weighted by Gasteiger charge is 2.20. The Morgan fingerprint density at radius 3 is 2.60 bits per heavy atom. The molecular formula is C22H23BrN2O4S. The van der Waals surface area contributed by atoms with Gasteiger partial charge in [-0.2, -0.15) is 0 Å². The van der Waals surface area contributed by atoms with Crippen molar-refractivity contribution in [2.75, 3.05) is 7.11 Å². The van der Waals surface area contributed by atoms with Crippen molar-refractivity contribution >= 4 is 50.7 Å². The highest BCUT2D eigenvalue weighted by atomic mass is 79.9. The number of halogens is 1. The molecular weight excluding hydrogens is 468 g/mol. The number of hydrogen-bond acceptors (Lipinski definition) is 6. The van der Waals surface area contributed by atoms with E-state index in [1.807, 2.05) is 55.7 Å². The maximum atomic E-state index is 12.5. The Morgan fingerprint density at radius 2 is 1.90 bits per heavy atom. The smallest absolute Gasteiger partial charge is 0.337 e. The zero-order chi connectivity index (χ0) is 21.9. The van der Waals surface area contributed by atoms with Crippen molar-refractivity contribution in [3.63, 3.8) is 0 Å². The van der Waals surface area contributed by atoms with Crippen molar-refractivity contribution in [3.8, 4) is 0 Å². The Bertz CT molecular complexity index is 1090. The molecule has 3 rings (SSSR count). The summed E-state index contributed by atoms with van der Waals surface area (Å²) >= 11 is 4.93. The Hall–Kier alpha value is -2.32. The minimum Gasteiger partial charge on any atom is -0.465 e. The molecule has 0 fully saturated rings. The normalized spacial score (nSPS) is 11.5. The largest absolute Gasteiger partial charge is 0.465 e. The molecule has 8 heteroatoms. The first-order valence-corrected chi connectivity index (χ1v) is 11.1. The number of aromatic nitrogens is 2. The molecule has 158 valence electrons. The van der Waals surface area contributed by atoms with Gasteiger partial charge in [0.2, 0.25) is 0 Å². The van der Waals surface area contributed by atoms with Crippen LogP contribution in [0.25, 0.3) is 11.0 Å². The summed E-state index contributed by atoms with van der Waals surface area (Å²) in [5.41, 5.74) is 2.54. The monoisotopic (exact) mass is 490 g/mol. The van der Waals surface area contributed by atoms with Gasteiger partial charge in [0.15, 0.2) is 5.16 Å². The molecule has 0 bridgehead atoms. The highest BCUT2D eigenvalue weighted by Crippen LogP contribution is 2.28. The number of imidazole rings is 1. The summed E-state index contributed by atoms with van der Waals surface area (Å²) in [6, 6.07) is 13.1. The van der Waals surface area contributed by atoms with E-state index in [0.29, 0.717) is 16.5 Å². The second kappa shape index (κ2) is 9.22. The van der Waals surface area contributed by atoms with Gasteiger partial charge in [-0.3, -0.25) is 4.79 Å². The molecule has 0 aliphatic carbocycles. The van der Waals surface area contributed by atoms with E-state index in [2.05, 4.69) is 20.9 Å². The Kier molecular flexibility index (Phi) is 6.88. The molecule has 1 aromatic heterocycles. The van der Waals surface area contributed by atoms with Crippen LogP contribution in [0.3, 0.4) is 0 Å². The van der Waals surface area contributed by atoms with Crippen LogP contribution >= 0.6 is 27.7 Å². The van der Waals surface area contributed by atoms with E-state index in [0.717, 1.165) is 21.1 Å². The number of esters is 2. The zero-order valence-electron chi connectivity index (χ0n) is 17.3. The quantitative estimate of drug-likeness (QED) is 0.348. The van der Waals surface area contributed by atoms with Crippen LogP contribution in [0.4, 0.5) is 0 Å². The van der Waals surface area contributed by atoms with Gasteiger partial charge in [0.25, 0.3) is 0 Å². The summed E-state index contributed by atoms with van der Waals surface area (Å²) in [5, 5.41) is 0.710. The van der Waals surface area contributed by atoms with E-state index < -0.39 is 5.60 Å². The number of hydrogen-bond donors (Lipinski definition) is 0. The molecule has 0 unspecified atom stereocenters. The van der Waals surface area contributed by atoms with Gasteiger partial charge in [-0.25, -0.2) is 9.78 Å². The number of ether oxygens (including phenoxy) is 2. The third-order valence-corrected chi connectivity index (χ3v) is 5.58. The van der Waals surface area contributed by atoms with Crippen LogP contribution in [0.1, 0.15) is 36.7 Å². The van der Waals surface area contributed by atoms with Crippen molar-refractivity contribution in [3.05, 3.63) is 58.1 Å². The predicted octanol–water partition coefficient (Wildman–Crippen LogP) is 5.22. The number of rotatable bonds is 6. The minimum atomic E-state index is -0.554. The lowest BCUT2D eigenvalue weighted by Crippen LogP contribution is -2.26. The average Bonchev–Trinajstić information content (AvgIpc) is 3.01. The van der Waals surface area contributed by atoms with Crippen LogP contribution in [0.5, 0.6) is 0 Å². The van der Waals surface area contributed by atoms with E-state index in [-0.39, 0.29) is 18.5 Å². The molecule has 0 aliphatic rings. The first-order valence-electron chi connectivity index (χ1n) is 9.34. The Morgan fingerprint density at radius 1 is 1.17 bits per heavy atom. The number of carbonyl (C=O) groups excluding carboxylic acids is 2. The number of nitrogens with zero attached hydrogens (tertiary/aromatic N) is 2. The lowest BCUT2D eigenvalue weighted by atomic mass is 10.1. The van der Waals surface area contributed by atoms with Crippen molar-refractivity contribution < 1.29 is 19.1 Å². The van der Waals surface area contributed by atoms with Gasteiger partial charge < -0.3 is 14.0 Å². The van der Waals surface area contributed by atoms with Gasteiger partial charge in [0, 0.05) is 10.2 Å². The molecule has 0 spiro atoms. The lowest BCUT2D eigenvalue weighted by molar-refractivity contribution is -0.155. The van der Waals surface area contributed by atoms with Gasteiger partial charge in [-0.05, 0) is 56.7 Å². The van der Waals surface area contributed by atoms with Gasteiger partial charge in [0.05, 0.1) is 23.7 Å². The van der Waals surface area contributed by atoms with E-state index in [1.54, 1.807) is 12.1 Å². The molecule has 0 saturated carbocycles. The standard InChI is InChI=1S/C22H23BrN2O4S/c1-22(2,3)29-19(26)12-25-18-8-6-5-7-17(18)24-21(25)30-13-14-9-15(20(27)28-4)11-16(23)10-14/h5-11H,12-13H2,1-4H3. The van der Waals surface area contributed by atoms with Gasteiger partial charge in [0.1, 0.15) is 12.1 Å². The zero-order valence-corrected chi connectivity index (χ0v) is 19.7. The minimum absolute atomic E-state index is 0.0754. The number of benzene rings is 2. The van der Waals surface area contributed by atoms with E-state index >= 15 is 0 Å². The maximum Gasteiger partial charge on any atom is 0.337 e. The van der Waals surface area contributed by atoms with Crippen molar-refractivity contribution in [1.82, 2.24) is 9.55 Å². The molecule has 3 aromatic rings. The van der Waals surface area contributed by atoms with Crippen molar-refractivity contribution in [2.45, 2.75) is 43.8 Å². The topological polar surface area (TPSA) is 70.4 Å². The van der Waals surface area contributed by atoms with Crippen LogP contribution in [0, 0.1) is 0 Å². The molecule has 0 radical (unpaired) electrons. The van der Waals surface area contributed by atoms with Crippen LogP contribution in [0.2, 0.25) is 0 Å². The summed E-state index contributed by atoms with van der Waals surface area (Å²) in [6.07, 6.45) is 0. The molecule has 2 aromatic carbocycles. The maximum absolute atomic E-state index is 12.5. The number of fused-ring (bicyclic) bond motifs is 1. The fraction of sp³-hybridized carbons (Fsp3) is 0.318. The third-order valence-electron chi connectivity index (χ3n) is 4.07. The molecule has 0 atom stereocenters. The number of methoxy groups -OCH3 is 1. The third kappa shape index (κ3) is 5.64. The molecule has 0 aliphatic heterocycles. The van der Waals surface area contributed by atoms with Crippen LogP contribution in [-0.4, -0.2) is 34.2 Å². The second-order valence-corrected chi connectivity index (χ2v) is 9.54. The van der Waals surface area contributed by atoms with Crippen LogP contribution < -0.4 is 0 Å². The first-order chi connectivity index (χ1) is 14.2. The summed E-state index contributed by atoms with van der Waals surface area (Å²) in [6.45, 7) is 5.61. The Balaban J connectivity index is 1.87. The molecule has 0 N–H and O–H groups in total. The number of carbonyl (C=O) groups is 2. The van der Waals surface area contributed by atoms with Crippen molar-refractivity contribution in [2.24, 2.45) is 0 Å². The van der Waals surface area contributed by atoms with Gasteiger partial charge in [-0.1, -0.05) is 39.8 Å². The fourth-order valence-corrected chi connectivity index (χ4v) is 4.42. The molecule has 0 amide bonds. The van der Waals surface area contributed by atoms with Crippen molar-refractivity contribution in [1.29, 1.82) is 0 Å². The molecule has 30 heavy (non-hydrogen) atoms. The van der Waals surface area contributed by atoms with E-state index in [9.17, 15) is 9.59 Å². The average molecular weight is 491 g/mol. The van der Waals surface area contributed by atoms with Gasteiger partial charge >= 0.3 is 11.9 Å². The molecule has 0 saturated heterocycles. The highest BCUT2D eigenvalue weighted by molar-refractivity contribution is 9.10. The van der Waals surface area contributed by atoms with Crippen LogP contribution in [-0.2, 0) is 26.6 Å². The second-order valence-electron chi connectivity index (χ2n) is 7.68. The number of thioether (sulfide) groups is 1. The van der Waals surface area contributed by atoms with E-state index in [4.69, 9.17) is 9.47 Å². The Labute approximate surface area is 188 Å². The SMILES string of the molecule is COC(=O)c1cc(Br)cc(CSc2nc3ccccc3n2CC(=O)OC(C)(C)C)c1. The van der Waals surface area contributed by atoms with Crippen LogP contribution in [0.15, 0.2) is 52.1 Å². The summed E-state index contributed by atoms with van der Waals surface area (Å²) in [4.78, 5) is 29.0. The summed E-state index contributed by atoms with van der Waals surface area (Å²) < 4.78 is 13.0. The summed E-state index contributed by atoms with van der Waals surface area (Å²) in [5.74, 6) is -0.135. The van der Waals surface area contributed by atoms with Gasteiger partial charge in [-0.15, -0.1) is 0 Å². The molecule has 1 heterocycles.